The molecular weight excluding hydrogens is 433 g/mol. The lowest BCUT2D eigenvalue weighted by molar-refractivity contribution is -0.141. The van der Waals surface area contributed by atoms with Crippen LogP contribution < -0.4 is 0 Å². The fraction of sp³-hybridized carbons (Fsp3) is 0.350. The Hall–Kier alpha value is -3.01. The molecule has 0 aliphatic heterocycles. The van der Waals surface area contributed by atoms with Crippen molar-refractivity contribution in [3.05, 3.63) is 64.7 Å². The minimum atomic E-state index is -4.53. The van der Waals surface area contributed by atoms with Crippen LogP contribution in [0.1, 0.15) is 41.5 Å². The zero-order valence-corrected chi connectivity index (χ0v) is 17.6. The summed E-state index contributed by atoms with van der Waals surface area (Å²) in [6.45, 7) is 1.93. The van der Waals surface area contributed by atoms with Gasteiger partial charge in [0.25, 0.3) is 5.91 Å². The van der Waals surface area contributed by atoms with Gasteiger partial charge in [-0.2, -0.15) is 33.3 Å². The molecule has 164 valence electrons. The molecule has 0 unspecified atom stereocenters. The maximum absolute atomic E-state index is 13.2. The average Bonchev–Trinajstić information content (AvgIpc) is 3.27. The Morgan fingerprint density at radius 1 is 1.16 bits per heavy atom. The van der Waals surface area contributed by atoms with E-state index in [0.717, 1.165) is 6.07 Å². The molecule has 7 nitrogen and oxygen atoms in total. The number of amides is 1. The second-order valence-electron chi connectivity index (χ2n) is 6.90. The van der Waals surface area contributed by atoms with Crippen molar-refractivity contribution >= 4 is 17.5 Å². The van der Waals surface area contributed by atoms with Crippen LogP contribution in [0, 0.1) is 0 Å². The van der Waals surface area contributed by atoms with E-state index in [1.807, 2.05) is 6.92 Å². The molecule has 1 amide bonds. The Balaban J connectivity index is 1.74. The topological polar surface area (TPSA) is 76.8 Å². The summed E-state index contributed by atoms with van der Waals surface area (Å²) in [5.41, 5.74) is 0.237. The van der Waals surface area contributed by atoms with Crippen LogP contribution in [0.5, 0.6) is 0 Å². The first-order valence-electron chi connectivity index (χ1n) is 9.54. The van der Waals surface area contributed by atoms with Crippen molar-refractivity contribution in [2.24, 2.45) is 0 Å². The first-order chi connectivity index (χ1) is 14.7. The van der Waals surface area contributed by atoms with Crippen LogP contribution in [-0.4, -0.2) is 49.1 Å². The summed E-state index contributed by atoms with van der Waals surface area (Å²) < 4.78 is 37.9. The highest BCUT2D eigenvalue weighted by atomic mass is 35.5. The molecule has 0 aliphatic rings. The Morgan fingerprint density at radius 2 is 1.87 bits per heavy atom. The van der Waals surface area contributed by atoms with Gasteiger partial charge in [-0.3, -0.25) is 4.79 Å². The summed E-state index contributed by atoms with van der Waals surface area (Å²) >= 11 is 6.11. The van der Waals surface area contributed by atoms with E-state index in [0.29, 0.717) is 41.2 Å². The number of aryl methyl sites for hydroxylation is 1. The highest BCUT2D eigenvalue weighted by molar-refractivity contribution is 6.31. The Labute approximate surface area is 181 Å². The highest BCUT2D eigenvalue weighted by Gasteiger charge is 2.33. The van der Waals surface area contributed by atoms with Crippen LogP contribution in [0.4, 0.5) is 13.2 Å². The summed E-state index contributed by atoms with van der Waals surface area (Å²) in [6, 6.07) is 6.93. The van der Waals surface area contributed by atoms with E-state index < -0.39 is 11.9 Å². The Morgan fingerprint density at radius 3 is 2.45 bits per heavy atom. The van der Waals surface area contributed by atoms with Gasteiger partial charge in [0.05, 0.1) is 29.3 Å². The number of alkyl halides is 3. The number of halogens is 4. The normalized spacial score (nSPS) is 12.6. The van der Waals surface area contributed by atoms with Gasteiger partial charge in [0, 0.05) is 18.1 Å². The number of carbonyl (C=O) groups excluding carboxylic acids is 1. The fourth-order valence-electron chi connectivity index (χ4n) is 3.18. The van der Waals surface area contributed by atoms with Crippen LogP contribution in [-0.2, 0) is 12.6 Å². The van der Waals surface area contributed by atoms with Crippen molar-refractivity contribution in [1.82, 2.24) is 30.1 Å². The lowest BCUT2D eigenvalue weighted by Gasteiger charge is -2.28. The van der Waals surface area contributed by atoms with Crippen molar-refractivity contribution in [3.8, 4) is 5.69 Å². The van der Waals surface area contributed by atoms with Gasteiger partial charge in [0.2, 0.25) is 0 Å². The quantitative estimate of drug-likeness (QED) is 0.536. The summed E-state index contributed by atoms with van der Waals surface area (Å²) in [5, 5.41) is 15.5. The number of hydrogen-bond donors (Lipinski definition) is 0. The Kier molecular flexibility index (Phi) is 6.89. The molecule has 0 fully saturated rings. The lowest BCUT2D eigenvalue weighted by Crippen LogP contribution is -2.37. The van der Waals surface area contributed by atoms with Crippen LogP contribution in [0.3, 0.4) is 0 Å². The molecule has 0 aliphatic carbocycles. The minimum Gasteiger partial charge on any atom is -0.339 e. The molecule has 11 heteroatoms. The van der Waals surface area contributed by atoms with E-state index in [1.54, 1.807) is 30.1 Å². The van der Waals surface area contributed by atoms with Gasteiger partial charge >= 0.3 is 6.18 Å². The van der Waals surface area contributed by atoms with Crippen molar-refractivity contribution in [3.63, 3.8) is 0 Å². The summed E-state index contributed by atoms with van der Waals surface area (Å²) in [7, 11) is 1.68. The molecule has 0 bridgehead atoms. The predicted molar refractivity (Wildman–Crippen MR) is 108 cm³/mol. The van der Waals surface area contributed by atoms with Crippen molar-refractivity contribution < 1.29 is 18.0 Å². The average molecular weight is 453 g/mol. The molecule has 3 rings (SSSR count). The highest BCUT2D eigenvalue weighted by Crippen LogP contribution is 2.27. The minimum absolute atomic E-state index is 0.172. The molecular formula is C20H20ClF3N6O. The second kappa shape index (κ2) is 9.42. The number of benzene rings is 1. The van der Waals surface area contributed by atoms with Gasteiger partial charge in [-0.25, -0.2) is 0 Å². The number of rotatable bonds is 7. The lowest BCUT2D eigenvalue weighted by atomic mass is 10.0. The number of hydrogen-bond acceptors (Lipinski definition) is 5. The molecule has 0 saturated heterocycles. The maximum atomic E-state index is 13.2. The molecule has 3 aromatic rings. The molecule has 31 heavy (non-hydrogen) atoms. The third-order valence-corrected chi connectivity index (χ3v) is 5.14. The van der Waals surface area contributed by atoms with E-state index >= 15 is 0 Å². The Bertz CT molecular complexity index is 1020. The molecule has 0 radical (unpaired) electrons. The van der Waals surface area contributed by atoms with Crippen LogP contribution in [0.15, 0.2) is 42.7 Å². The van der Waals surface area contributed by atoms with Crippen LogP contribution in [0.2, 0.25) is 5.02 Å². The fourth-order valence-corrected chi connectivity index (χ4v) is 3.35. The van der Waals surface area contributed by atoms with Gasteiger partial charge in [0.1, 0.15) is 0 Å². The van der Waals surface area contributed by atoms with Gasteiger partial charge in [0.15, 0.2) is 5.69 Å². The monoisotopic (exact) mass is 452 g/mol. The predicted octanol–water partition coefficient (Wildman–Crippen LogP) is 4.21. The van der Waals surface area contributed by atoms with Gasteiger partial charge in [-0.15, -0.1) is 5.10 Å². The summed E-state index contributed by atoms with van der Waals surface area (Å²) in [4.78, 5) is 16.2. The van der Waals surface area contributed by atoms with Gasteiger partial charge in [-0.05, 0) is 49.6 Å². The van der Waals surface area contributed by atoms with Crippen molar-refractivity contribution in [2.45, 2.75) is 38.4 Å². The van der Waals surface area contributed by atoms with Crippen LogP contribution in [0.25, 0.3) is 5.69 Å². The number of aromatic nitrogens is 5. The maximum Gasteiger partial charge on any atom is 0.435 e. The number of nitrogens with zero attached hydrogens (tertiary/aromatic N) is 6. The van der Waals surface area contributed by atoms with E-state index in [1.165, 1.54) is 23.3 Å². The summed E-state index contributed by atoms with van der Waals surface area (Å²) in [6.07, 6.45) is 0.0204. The van der Waals surface area contributed by atoms with E-state index in [4.69, 9.17) is 11.6 Å². The largest absolute Gasteiger partial charge is 0.435 e. The molecule has 2 heterocycles. The van der Waals surface area contributed by atoms with Crippen molar-refractivity contribution in [1.29, 1.82) is 0 Å². The molecule has 0 saturated carbocycles. The first-order valence-corrected chi connectivity index (χ1v) is 9.91. The zero-order chi connectivity index (χ0) is 22.6. The summed E-state index contributed by atoms with van der Waals surface area (Å²) in [5.74, 6) is -0.264. The van der Waals surface area contributed by atoms with Crippen LogP contribution >= 0.6 is 11.6 Å². The smallest absolute Gasteiger partial charge is 0.339 e. The van der Waals surface area contributed by atoms with E-state index in [9.17, 15) is 18.0 Å². The first kappa shape index (κ1) is 22.7. The van der Waals surface area contributed by atoms with Crippen molar-refractivity contribution in [2.75, 3.05) is 7.05 Å². The number of carbonyl (C=O) groups is 1. The molecule has 2 aromatic heterocycles. The molecule has 1 aromatic carbocycles. The van der Waals surface area contributed by atoms with Gasteiger partial charge < -0.3 is 4.90 Å². The van der Waals surface area contributed by atoms with Gasteiger partial charge in [-0.1, -0.05) is 18.5 Å². The molecule has 0 spiro atoms. The van der Waals surface area contributed by atoms with E-state index in [2.05, 4.69) is 20.4 Å². The SMILES string of the molecule is CC[C@@H](CCc1ccc(C(F)(F)F)nn1)N(C)C(=O)c1cc(Cl)ccc1-n1nccn1. The standard InChI is InChI=1S/C20H20ClF3N6O/c1-3-15(7-5-14-6-9-18(28-27-14)20(22,23)24)29(2)19(31)16-12-13(21)4-8-17(16)30-25-10-11-26-30/h4,6,8-12,15H,3,5,7H2,1-2H3/t15-/m0/s1. The third-order valence-electron chi connectivity index (χ3n) is 4.91. The third kappa shape index (κ3) is 5.38. The molecule has 1 atom stereocenters. The second-order valence-corrected chi connectivity index (χ2v) is 7.34. The van der Waals surface area contributed by atoms with E-state index in [-0.39, 0.29) is 11.9 Å². The molecule has 0 N–H and O–H groups in total. The zero-order valence-electron chi connectivity index (χ0n) is 16.8.